The SMILES string of the molecule is O=C(O)CN1CCN(CC(=O)O)CCN(Cc2c(O)nc(NC3C(O)OC(CO)[C@H](O)[C@@H]3O)[nH]c2=O)CCN(CC(=O)O)CC1. The first-order valence-electron chi connectivity index (χ1n) is 14.2. The Bertz CT molecular complexity index is 1190. The zero-order valence-corrected chi connectivity index (χ0v) is 24.4. The Morgan fingerprint density at radius 2 is 1.24 bits per heavy atom. The van der Waals surface area contributed by atoms with Crippen molar-refractivity contribution in [1.29, 1.82) is 0 Å². The van der Waals surface area contributed by atoms with E-state index in [1.54, 1.807) is 19.6 Å². The van der Waals surface area contributed by atoms with E-state index in [-0.39, 0.29) is 90.0 Å². The van der Waals surface area contributed by atoms with Crippen LogP contribution in [0.4, 0.5) is 5.95 Å². The van der Waals surface area contributed by atoms with Gasteiger partial charge in [0.1, 0.15) is 24.4 Å². The summed E-state index contributed by atoms with van der Waals surface area (Å²) in [5.41, 5.74) is -0.962. The third-order valence-corrected chi connectivity index (χ3v) is 7.59. The number of aromatic nitrogens is 2. The van der Waals surface area contributed by atoms with Gasteiger partial charge in [0.05, 0.1) is 31.8 Å². The van der Waals surface area contributed by atoms with Crippen LogP contribution in [0, 0.1) is 0 Å². The van der Waals surface area contributed by atoms with Crippen LogP contribution in [0.5, 0.6) is 5.88 Å². The Hall–Kier alpha value is -3.47. The molecule has 2 aliphatic rings. The van der Waals surface area contributed by atoms with Gasteiger partial charge in [-0.05, 0) is 0 Å². The molecule has 0 amide bonds. The normalized spacial score (nSPS) is 26.9. The molecular formula is C25H41N7O13. The van der Waals surface area contributed by atoms with Crippen molar-refractivity contribution in [3.63, 3.8) is 0 Å². The Labute approximate surface area is 256 Å². The smallest absolute Gasteiger partial charge is 0.317 e. The van der Waals surface area contributed by atoms with Gasteiger partial charge in [0.25, 0.3) is 5.56 Å². The molecule has 20 heteroatoms. The molecular weight excluding hydrogens is 606 g/mol. The van der Waals surface area contributed by atoms with Gasteiger partial charge in [0.2, 0.25) is 11.8 Å². The molecule has 45 heavy (non-hydrogen) atoms. The van der Waals surface area contributed by atoms with Crippen molar-refractivity contribution in [2.75, 3.05) is 83.9 Å². The number of hydrogen-bond donors (Lipinski definition) is 10. The maximum atomic E-state index is 13.0. The van der Waals surface area contributed by atoms with Gasteiger partial charge in [-0.3, -0.25) is 43.8 Å². The third kappa shape index (κ3) is 10.8. The van der Waals surface area contributed by atoms with Gasteiger partial charge in [-0.1, -0.05) is 0 Å². The second-order valence-electron chi connectivity index (χ2n) is 10.9. The summed E-state index contributed by atoms with van der Waals surface area (Å²) < 4.78 is 5.07. The molecule has 0 aliphatic carbocycles. The Balaban J connectivity index is 1.79. The lowest BCUT2D eigenvalue weighted by Gasteiger charge is -2.40. The highest BCUT2D eigenvalue weighted by atomic mass is 16.6. The van der Waals surface area contributed by atoms with Crippen molar-refractivity contribution in [3.05, 3.63) is 15.9 Å². The quantitative estimate of drug-likeness (QED) is 0.107. The number of hydrogen-bond acceptors (Lipinski definition) is 16. The molecule has 0 bridgehead atoms. The number of aromatic hydroxyl groups is 1. The van der Waals surface area contributed by atoms with E-state index in [9.17, 15) is 60.0 Å². The number of carbonyl (C=O) groups is 3. The third-order valence-electron chi connectivity index (χ3n) is 7.59. The Morgan fingerprint density at radius 3 is 1.64 bits per heavy atom. The molecule has 2 saturated heterocycles. The summed E-state index contributed by atoms with van der Waals surface area (Å²) in [5, 5.41) is 81.1. The number of aliphatic hydroxyl groups excluding tert-OH is 4. The first kappa shape index (κ1) is 36.0. The molecule has 3 rings (SSSR count). The molecule has 0 saturated carbocycles. The van der Waals surface area contributed by atoms with Crippen molar-refractivity contribution in [3.8, 4) is 5.88 Å². The number of aromatic amines is 1. The lowest BCUT2D eigenvalue weighted by molar-refractivity contribution is -0.245. The first-order chi connectivity index (χ1) is 21.3. The highest BCUT2D eigenvalue weighted by Crippen LogP contribution is 2.23. The monoisotopic (exact) mass is 647 g/mol. The van der Waals surface area contributed by atoms with Crippen LogP contribution in [0.3, 0.4) is 0 Å². The van der Waals surface area contributed by atoms with Crippen LogP contribution < -0.4 is 10.9 Å². The molecule has 1 aromatic rings. The molecule has 0 aromatic carbocycles. The number of nitrogens with one attached hydrogen (secondary N) is 2. The molecule has 10 N–H and O–H groups in total. The summed E-state index contributed by atoms with van der Waals surface area (Å²) in [6.07, 6.45) is -6.18. The zero-order chi connectivity index (χ0) is 33.3. The van der Waals surface area contributed by atoms with Gasteiger partial charge in [-0.2, -0.15) is 4.98 Å². The van der Waals surface area contributed by atoms with E-state index in [1.165, 1.54) is 0 Å². The molecule has 3 heterocycles. The maximum Gasteiger partial charge on any atom is 0.317 e. The number of aliphatic carboxylic acids is 3. The van der Waals surface area contributed by atoms with Gasteiger partial charge in [-0.15, -0.1) is 0 Å². The van der Waals surface area contributed by atoms with Crippen molar-refractivity contribution in [2.45, 2.75) is 37.2 Å². The van der Waals surface area contributed by atoms with Crippen LogP contribution in [-0.4, -0.2) is 198 Å². The Morgan fingerprint density at radius 1 is 0.800 bits per heavy atom. The van der Waals surface area contributed by atoms with Crippen molar-refractivity contribution in [2.24, 2.45) is 0 Å². The summed E-state index contributed by atoms with van der Waals surface area (Å²) >= 11 is 0. The molecule has 3 unspecified atom stereocenters. The Kier molecular flexibility index (Phi) is 13.4. The summed E-state index contributed by atoms with van der Waals surface area (Å²) in [4.78, 5) is 60.2. The van der Waals surface area contributed by atoms with E-state index in [4.69, 9.17) is 4.74 Å². The average Bonchev–Trinajstić information content (AvgIpc) is 2.95. The number of carboxylic acids is 3. The predicted molar refractivity (Wildman–Crippen MR) is 151 cm³/mol. The standard InChI is InChI=1S/C25H41N7O13/c33-13-15-20(40)21(41)19(24(44)45-15)26-25-27-22(42)14(23(43)28-25)9-29-1-3-30(10-16(34)35)5-7-32(12-18(38)39)8-6-31(4-2-29)11-17(36)37/h15,19-21,24,33,40-41,44H,1-13H2,(H,34,35)(H,36,37)(H,38,39)(H3,26,27,28,42,43)/t15?,19?,20-,21+,24?/m0/s1. The predicted octanol–water partition coefficient (Wildman–Crippen LogP) is -5.34. The van der Waals surface area contributed by atoms with Gasteiger partial charge in [0, 0.05) is 58.9 Å². The average molecular weight is 648 g/mol. The fraction of sp³-hybridized carbons (Fsp3) is 0.720. The van der Waals surface area contributed by atoms with Gasteiger partial charge >= 0.3 is 17.9 Å². The van der Waals surface area contributed by atoms with E-state index < -0.39 is 66.6 Å². The molecule has 1 aromatic heterocycles. The zero-order valence-electron chi connectivity index (χ0n) is 24.4. The van der Waals surface area contributed by atoms with Crippen molar-refractivity contribution < 1.29 is 60.0 Å². The minimum atomic E-state index is -1.71. The van der Waals surface area contributed by atoms with Gasteiger partial charge in [0.15, 0.2) is 6.29 Å². The van der Waals surface area contributed by atoms with E-state index in [2.05, 4.69) is 15.3 Å². The van der Waals surface area contributed by atoms with Crippen LogP contribution >= 0.6 is 0 Å². The molecule has 254 valence electrons. The molecule has 20 nitrogen and oxygen atoms in total. The summed E-state index contributed by atoms with van der Waals surface area (Å²) in [7, 11) is 0. The van der Waals surface area contributed by atoms with Crippen molar-refractivity contribution in [1.82, 2.24) is 29.6 Å². The topological polar surface area (TPSA) is 293 Å². The molecule has 0 radical (unpaired) electrons. The lowest BCUT2D eigenvalue weighted by atomic mass is 9.97. The van der Waals surface area contributed by atoms with E-state index >= 15 is 0 Å². The number of anilines is 1. The van der Waals surface area contributed by atoms with Gasteiger partial charge in [-0.25, -0.2) is 0 Å². The van der Waals surface area contributed by atoms with Crippen LogP contribution in [0.15, 0.2) is 4.79 Å². The molecule has 2 fully saturated rings. The van der Waals surface area contributed by atoms with Crippen molar-refractivity contribution >= 4 is 23.9 Å². The maximum absolute atomic E-state index is 13.0. The minimum absolute atomic E-state index is 0.170. The molecule has 2 aliphatic heterocycles. The van der Waals surface area contributed by atoms with E-state index in [0.29, 0.717) is 0 Å². The summed E-state index contributed by atoms with van der Waals surface area (Å²) in [6.45, 7) is -0.214. The number of carboxylic acid groups (broad SMARTS) is 3. The van der Waals surface area contributed by atoms with Crippen LogP contribution in [0.2, 0.25) is 0 Å². The first-order valence-corrected chi connectivity index (χ1v) is 14.2. The van der Waals surface area contributed by atoms with Crippen LogP contribution in [0.1, 0.15) is 5.56 Å². The number of nitrogens with zero attached hydrogens (tertiary/aromatic N) is 5. The highest BCUT2D eigenvalue weighted by Gasteiger charge is 2.44. The fourth-order valence-electron chi connectivity index (χ4n) is 5.12. The number of rotatable bonds is 11. The van der Waals surface area contributed by atoms with E-state index in [1.807, 2.05) is 0 Å². The van der Waals surface area contributed by atoms with Crippen LogP contribution in [-0.2, 0) is 25.7 Å². The number of aliphatic hydroxyl groups is 4. The fourth-order valence-corrected chi connectivity index (χ4v) is 5.12. The second-order valence-corrected chi connectivity index (χ2v) is 10.9. The minimum Gasteiger partial charge on any atom is -0.493 e. The number of ether oxygens (including phenoxy) is 1. The summed E-state index contributed by atoms with van der Waals surface area (Å²) in [6, 6.07) is -1.39. The van der Waals surface area contributed by atoms with Crippen LogP contribution in [0.25, 0.3) is 0 Å². The highest BCUT2D eigenvalue weighted by molar-refractivity contribution is 5.69. The molecule has 0 spiro atoms. The van der Waals surface area contributed by atoms with E-state index in [0.717, 1.165) is 0 Å². The lowest BCUT2D eigenvalue weighted by Crippen LogP contribution is -2.61. The second kappa shape index (κ2) is 16.7. The van der Waals surface area contributed by atoms with Gasteiger partial charge < -0.3 is 50.9 Å². The largest absolute Gasteiger partial charge is 0.493 e. The number of H-pyrrole nitrogens is 1. The molecule has 5 atom stereocenters. The summed E-state index contributed by atoms with van der Waals surface area (Å²) in [5.74, 6) is -4.32.